The van der Waals surface area contributed by atoms with Crippen LogP contribution in [0.4, 0.5) is 0 Å². The van der Waals surface area contributed by atoms with Crippen molar-refractivity contribution in [1.82, 2.24) is 9.80 Å². The van der Waals surface area contributed by atoms with Gasteiger partial charge in [0, 0.05) is 31.7 Å². The molecule has 4 heteroatoms. The second kappa shape index (κ2) is 6.44. The van der Waals surface area contributed by atoms with E-state index < -0.39 is 0 Å². The third-order valence-electron chi connectivity index (χ3n) is 4.34. The zero-order chi connectivity index (χ0) is 14.8. The van der Waals surface area contributed by atoms with E-state index in [1.807, 2.05) is 20.8 Å². The minimum atomic E-state index is -0.370. The van der Waals surface area contributed by atoms with Gasteiger partial charge in [0.15, 0.2) is 0 Å². The molecular weight excluding hydrogens is 252 g/mol. The van der Waals surface area contributed by atoms with Gasteiger partial charge in [-0.25, -0.2) is 0 Å². The first-order valence-electron chi connectivity index (χ1n) is 8.05. The van der Waals surface area contributed by atoms with Crippen LogP contribution < -0.4 is 0 Å². The molecule has 116 valence electrons. The summed E-state index contributed by atoms with van der Waals surface area (Å²) in [6.45, 7) is 12.4. The Morgan fingerprint density at radius 3 is 2.70 bits per heavy atom. The average Bonchev–Trinajstić information content (AvgIpc) is 2.34. The molecule has 0 radical (unpaired) electrons. The molecule has 0 aromatic carbocycles. The van der Waals surface area contributed by atoms with Crippen LogP contribution in [-0.4, -0.2) is 59.6 Å². The van der Waals surface area contributed by atoms with Gasteiger partial charge in [-0.1, -0.05) is 6.42 Å². The summed E-state index contributed by atoms with van der Waals surface area (Å²) in [6.07, 6.45) is 4.53. The van der Waals surface area contributed by atoms with Gasteiger partial charge in [-0.3, -0.25) is 14.6 Å². The lowest BCUT2D eigenvalue weighted by Gasteiger charge is -2.47. The van der Waals surface area contributed by atoms with Crippen LogP contribution in [0.3, 0.4) is 0 Å². The molecule has 0 bridgehead atoms. The first-order valence-corrected chi connectivity index (χ1v) is 8.05. The number of hydrogen-bond acceptors (Lipinski definition) is 4. The zero-order valence-electron chi connectivity index (χ0n) is 13.5. The van der Waals surface area contributed by atoms with Crippen LogP contribution in [0, 0.1) is 0 Å². The van der Waals surface area contributed by atoms with Crippen molar-refractivity contribution in [2.24, 2.45) is 0 Å². The largest absolute Gasteiger partial charge is 0.460 e. The minimum absolute atomic E-state index is 0.0734. The fourth-order valence-corrected chi connectivity index (χ4v) is 3.35. The second-order valence-corrected chi connectivity index (χ2v) is 7.32. The van der Waals surface area contributed by atoms with E-state index in [0.29, 0.717) is 18.5 Å². The Bertz CT molecular complexity index is 338. The molecule has 20 heavy (non-hydrogen) atoms. The van der Waals surface area contributed by atoms with Crippen molar-refractivity contribution in [3.8, 4) is 0 Å². The van der Waals surface area contributed by atoms with Gasteiger partial charge in [-0.2, -0.15) is 0 Å². The molecule has 2 rings (SSSR count). The summed E-state index contributed by atoms with van der Waals surface area (Å²) in [6, 6.07) is 1.25. The summed E-state index contributed by atoms with van der Waals surface area (Å²) < 4.78 is 5.39. The van der Waals surface area contributed by atoms with Crippen molar-refractivity contribution in [3.63, 3.8) is 0 Å². The molecule has 0 N–H and O–H groups in total. The second-order valence-electron chi connectivity index (χ2n) is 7.32. The SMILES string of the molecule is CC1CN2CCCCC2CN1CCC(=O)OC(C)(C)C. The molecule has 2 unspecified atom stereocenters. The lowest BCUT2D eigenvalue weighted by atomic mass is 9.97. The summed E-state index contributed by atoms with van der Waals surface area (Å²) in [4.78, 5) is 16.9. The molecule has 0 aromatic heterocycles. The molecule has 0 amide bonds. The number of rotatable bonds is 3. The van der Waals surface area contributed by atoms with Gasteiger partial charge in [0.05, 0.1) is 6.42 Å². The Morgan fingerprint density at radius 2 is 2.00 bits per heavy atom. The van der Waals surface area contributed by atoms with Crippen LogP contribution in [-0.2, 0) is 9.53 Å². The normalized spacial score (nSPS) is 29.0. The fraction of sp³-hybridized carbons (Fsp3) is 0.938. The lowest BCUT2D eigenvalue weighted by Crippen LogP contribution is -2.58. The number of carbonyl (C=O) groups excluding carboxylic acids is 1. The summed E-state index contributed by atoms with van der Waals surface area (Å²) in [7, 11) is 0. The van der Waals surface area contributed by atoms with Crippen LogP contribution in [0.5, 0.6) is 0 Å². The molecule has 2 heterocycles. The van der Waals surface area contributed by atoms with E-state index >= 15 is 0 Å². The number of piperidine rings is 1. The summed E-state index contributed by atoms with van der Waals surface area (Å²) in [5.74, 6) is -0.0734. The molecule has 2 saturated heterocycles. The fourth-order valence-electron chi connectivity index (χ4n) is 3.35. The highest BCUT2D eigenvalue weighted by Crippen LogP contribution is 2.24. The number of piperazine rings is 1. The van der Waals surface area contributed by atoms with Gasteiger partial charge < -0.3 is 4.74 Å². The van der Waals surface area contributed by atoms with Crippen LogP contribution in [0.25, 0.3) is 0 Å². The first kappa shape index (κ1) is 15.8. The van der Waals surface area contributed by atoms with Crippen molar-refractivity contribution >= 4 is 5.97 Å². The first-order chi connectivity index (χ1) is 9.35. The quantitative estimate of drug-likeness (QED) is 0.744. The van der Waals surface area contributed by atoms with Gasteiger partial charge >= 0.3 is 5.97 Å². The van der Waals surface area contributed by atoms with E-state index in [9.17, 15) is 4.79 Å². The molecule has 0 aliphatic carbocycles. The summed E-state index contributed by atoms with van der Waals surface area (Å²) in [5, 5.41) is 0. The van der Waals surface area contributed by atoms with Crippen LogP contribution in [0.2, 0.25) is 0 Å². The Morgan fingerprint density at radius 1 is 1.25 bits per heavy atom. The van der Waals surface area contributed by atoms with Gasteiger partial charge in [-0.15, -0.1) is 0 Å². The molecule has 0 saturated carbocycles. The monoisotopic (exact) mass is 282 g/mol. The van der Waals surface area contributed by atoms with E-state index in [2.05, 4.69) is 16.7 Å². The predicted octanol–water partition coefficient (Wildman–Crippen LogP) is 2.28. The number of esters is 1. The highest BCUT2D eigenvalue weighted by molar-refractivity contribution is 5.70. The van der Waals surface area contributed by atoms with E-state index in [1.165, 1.54) is 25.8 Å². The van der Waals surface area contributed by atoms with Crippen LogP contribution >= 0.6 is 0 Å². The maximum absolute atomic E-state index is 11.8. The van der Waals surface area contributed by atoms with Crippen molar-refractivity contribution in [1.29, 1.82) is 0 Å². The highest BCUT2D eigenvalue weighted by atomic mass is 16.6. The van der Waals surface area contributed by atoms with E-state index in [1.54, 1.807) is 0 Å². The minimum Gasteiger partial charge on any atom is -0.460 e. The van der Waals surface area contributed by atoms with E-state index in [-0.39, 0.29) is 11.6 Å². The number of nitrogens with zero attached hydrogens (tertiary/aromatic N) is 2. The van der Waals surface area contributed by atoms with E-state index in [4.69, 9.17) is 4.74 Å². The third kappa shape index (κ3) is 4.45. The van der Waals surface area contributed by atoms with Gasteiger partial charge in [-0.05, 0) is 47.1 Å². The maximum atomic E-state index is 11.8. The third-order valence-corrected chi connectivity index (χ3v) is 4.34. The van der Waals surface area contributed by atoms with Gasteiger partial charge in [0.1, 0.15) is 5.60 Å². The average molecular weight is 282 g/mol. The summed E-state index contributed by atoms with van der Waals surface area (Å²) >= 11 is 0. The van der Waals surface area contributed by atoms with Crippen LogP contribution in [0.1, 0.15) is 53.4 Å². The van der Waals surface area contributed by atoms with Crippen molar-refractivity contribution in [3.05, 3.63) is 0 Å². The van der Waals surface area contributed by atoms with Crippen molar-refractivity contribution in [2.45, 2.75) is 71.1 Å². The Labute approximate surface area is 123 Å². The molecule has 2 aliphatic heterocycles. The van der Waals surface area contributed by atoms with Crippen molar-refractivity contribution in [2.75, 3.05) is 26.2 Å². The lowest BCUT2D eigenvalue weighted by molar-refractivity contribution is -0.155. The zero-order valence-corrected chi connectivity index (χ0v) is 13.5. The van der Waals surface area contributed by atoms with Crippen molar-refractivity contribution < 1.29 is 9.53 Å². The van der Waals surface area contributed by atoms with Gasteiger partial charge in [0.25, 0.3) is 0 Å². The maximum Gasteiger partial charge on any atom is 0.307 e. The molecular formula is C16H30N2O2. The number of carbonyl (C=O) groups is 1. The molecule has 0 aromatic rings. The Hall–Kier alpha value is -0.610. The number of hydrogen-bond donors (Lipinski definition) is 0. The topological polar surface area (TPSA) is 32.8 Å². The highest BCUT2D eigenvalue weighted by Gasteiger charge is 2.33. The molecule has 2 fully saturated rings. The Kier molecular flexibility index (Phi) is 5.08. The molecule has 0 spiro atoms. The number of ether oxygens (including phenoxy) is 1. The Balaban J connectivity index is 1.79. The van der Waals surface area contributed by atoms with Gasteiger partial charge in [0.2, 0.25) is 0 Å². The molecule has 2 aliphatic rings. The number of fused-ring (bicyclic) bond motifs is 1. The van der Waals surface area contributed by atoms with Crippen LogP contribution in [0.15, 0.2) is 0 Å². The molecule has 2 atom stereocenters. The van der Waals surface area contributed by atoms with E-state index in [0.717, 1.165) is 19.6 Å². The molecule has 4 nitrogen and oxygen atoms in total. The standard InChI is InChI=1S/C16H30N2O2/c1-13-11-18-9-6-5-7-14(18)12-17(13)10-8-15(19)20-16(2,3)4/h13-14H,5-12H2,1-4H3. The smallest absolute Gasteiger partial charge is 0.307 e. The predicted molar refractivity (Wildman–Crippen MR) is 80.7 cm³/mol. The summed E-state index contributed by atoms with van der Waals surface area (Å²) in [5.41, 5.74) is -0.370.